The molecule has 0 radical (unpaired) electrons. The highest BCUT2D eigenvalue weighted by Gasteiger charge is 1.98. The maximum absolute atomic E-state index is 5.51. The van der Waals surface area contributed by atoms with Crippen LogP contribution in [-0.4, -0.2) is 26.3 Å². The number of hydrogen-bond donors (Lipinski definition) is 1. The van der Waals surface area contributed by atoms with Gasteiger partial charge < -0.3 is 10.1 Å². The second kappa shape index (κ2) is 6.98. The summed E-state index contributed by atoms with van der Waals surface area (Å²) < 4.78 is 5.51. The first kappa shape index (κ1) is 11.7. The molecule has 0 aliphatic carbocycles. The Labute approximate surface area is 90.3 Å². The fraction of sp³-hybridized carbons (Fsp3) is 0.636. The smallest absolute Gasteiger partial charge is 0.0591 e. The summed E-state index contributed by atoms with van der Waals surface area (Å²) in [6, 6.07) is 2.17. The Balaban J connectivity index is 2.02. The topological polar surface area (TPSA) is 21.3 Å². The minimum Gasteiger partial charge on any atom is -0.380 e. The molecule has 1 heterocycles. The van der Waals surface area contributed by atoms with Crippen molar-refractivity contribution in [2.75, 3.05) is 26.3 Å². The number of nitrogens with one attached hydrogen (secondary N) is 1. The van der Waals surface area contributed by atoms with Crippen LogP contribution in [0.1, 0.15) is 17.4 Å². The van der Waals surface area contributed by atoms with E-state index in [-0.39, 0.29) is 0 Å². The minimum absolute atomic E-state index is 0.818. The Bertz CT molecular complexity index is 247. The standard InChI is InChI=1S/C11H19NOS/c1-3-12-6-8-13-7-4-11-10(2)5-9-14-11/h5,9,12H,3-4,6-8H2,1-2H3. The van der Waals surface area contributed by atoms with Crippen LogP contribution < -0.4 is 5.32 Å². The summed E-state index contributed by atoms with van der Waals surface area (Å²) in [7, 11) is 0. The van der Waals surface area contributed by atoms with Crippen molar-refractivity contribution in [1.82, 2.24) is 5.32 Å². The highest BCUT2D eigenvalue weighted by molar-refractivity contribution is 7.10. The molecule has 0 atom stereocenters. The molecule has 0 bridgehead atoms. The van der Waals surface area contributed by atoms with Crippen molar-refractivity contribution in [1.29, 1.82) is 0 Å². The molecule has 2 nitrogen and oxygen atoms in total. The van der Waals surface area contributed by atoms with Gasteiger partial charge in [0.1, 0.15) is 0 Å². The van der Waals surface area contributed by atoms with Gasteiger partial charge in [-0.2, -0.15) is 0 Å². The number of rotatable bonds is 7. The van der Waals surface area contributed by atoms with Gasteiger partial charge in [0, 0.05) is 17.8 Å². The molecule has 1 aromatic heterocycles. The number of hydrogen-bond acceptors (Lipinski definition) is 3. The zero-order chi connectivity index (χ0) is 10.2. The van der Waals surface area contributed by atoms with Crippen LogP contribution in [0.3, 0.4) is 0 Å². The first-order valence-electron chi connectivity index (χ1n) is 5.16. The van der Waals surface area contributed by atoms with Gasteiger partial charge in [-0.3, -0.25) is 0 Å². The van der Waals surface area contributed by atoms with Crippen LogP contribution in [0.5, 0.6) is 0 Å². The summed E-state index contributed by atoms with van der Waals surface area (Å²) in [6.07, 6.45) is 1.05. The van der Waals surface area contributed by atoms with Crippen molar-refractivity contribution in [2.24, 2.45) is 0 Å². The maximum atomic E-state index is 5.51. The van der Waals surface area contributed by atoms with Crippen molar-refractivity contribution in [3.05, 3.63) is 21.9 Å². The monoisotopic (exact) mass is 213 g/mol. The molecule has 0 amide bonds. The summed E-state index contributed by atoms with van der Waals surface area (Å²) in [4.78, 5) is 1.45. The van der Waals surface area contributed by atoms with Crippen LogP contribution in [0, 0.1) is 6.92 Å². The van der Waals surface area contributed by atoms with E-state index in [4.69, 9.17) is 4.74 Å². The van der Waals surface area contributed by atoms with E-state index in [1.165, 1.54) is 10.4 Å². The molecule has 14 heavy (non-hydrogen) atoms. The van der Waals surface area contributed by atoms with Crippen molar-refractivity contribution < 1.29 is 4.74 Å². The summed E-state index contributed by atoms with van der Waals surface area (Å²) in [5, 5.41) is 5.37. The lowest BCUT2D eigenvalue weighted by molar-refractivity contribution is 0.140. The molecule has 1 N–H and O–H groups in total. The Morgan fingerprint density at radius 2 is 2.29 bits per heavy atom. The third-order valence-electron chi connectivity index (χ3n) is 2.11. The molecule has 80 valence electrons. The average Bonchev–Trinajstić information content (AvgIpc) is 2.58. The zero-order valence-corrected chi connectivity index (χ0v) is 9.82. The Kier molecular flexibility index (Phi) is 5.83. The summed E-state index contributed by atoms with van der Waals surface area (Å²) in [5.74, 6) is 0. The van der Waals surface area contributed by atoms with Gasteiger partial charge in [0.25, 0.3) is 0 Å². The molecule has 0 saturated heterocycles. The van der Waals surface area contributed by atoms with E-state index < -0.39 is 0 Å². The van der Waals surface area contributed by atoms with Crippen molar-refractivity contribution >= 4 is 11.3 Å². The summed E-state index contributed by atoms with van der Waals surface area (Å²) in [5.41, 5.74) is 1.39. The van der Waals surface area contributed by atoms with E-state index in [0.29, 0.717) is 0 Å². The third-order valence-corrected chi connectivity index (χ3v) is 3.20. The van der Waals surface area contributed by atoms with E-state index in [0.717, 1.165) is 32.7 Å². The molecule has 0 aliphatic heterocycles. The molecule has 0 unspecified atom stereocenters. The summed E-state index contributed by atoms with van der Waals surface area (Å²) >= 11 is 1.82. The molecule has 0 saturated carbocycles. The molecular formula is C11H19NOS. The molecule has 1 aromatic rings. The van der Waals surface area contributed by atoms with E-state index in [1.54, 1.807) is 0 Å². The molecule has 1 rings (SSSR count). The van der Waals surface area contributed by atoms with Crippen molar-refractivity contribution in [3.8, 4) is 0 Å². The molecule has 3 heteroatoms. The number of ether oxygens (including phenoxy) is 1. The highest BCUT2D eigenvalue weighted by atomic mass is 32.1. The predicted octanol–water partition coefficient (Wildman–Crippen LogP) is 2.23. The molecular weight excluding hydrogens is 194 g/mol. The molecule has 0 spiro atoms. The van der Waals surface area contributed by atoms with Gasteiger partial charge in [-0.05, 0) is 30.5 Å². The SMILES string of the molecule is CCNCCOCCc1sccc1C. The fourth-order valence-electron chi connectivity index (χ4n) is 1.25. The second-order valence-electron chi connectivity index (χ2n) is 3.24. The third kappa shape index (κ3) is 4.22. The number of likely N-dealkylation sites (N-methyl/N-ethyl adjacent to an activating group) is 1. The zero-order valence-electron chi connectivity index (χ0n) is 9.01. The van der Waals surface area contributed by atoms with Gasteiger partial charge in [-0.1, -0.05) is 6.92 Å². The fourth-order valence-corrected chi connectivity index (χ4v) is 2.14. The van der Waals surface area contributed by atoms with Crippen LogP contribution in [0.25, 0.3) is 0 Å². The predicted molar refractivity (Wildman–Crippen MR) is 62.1 cm³/mol. The number of aryl methyl sites for hydroxylation is 1. The van der Waals surface area contributed by atoms with E-state index in [1.807, 2.05) is 11.3 Å². The van der Waals surface area contributed by atoms with Gasteiger partial charge in [-0.25, -0.2) is 0 Å². The van der Waals surface area contributed by atoms with E-state index >= 15 is 0 Å². The lowest BCUT2D eigenvalue weighted by Gasteiger charge is -2.04. The first-order valence-corrected chi connectivity index (χ1v) is 6.04. The molecule has 0 aliphatic rings. The van der Waals surface area contributed by atoms with Gasteiger partial charge in [0.2, 0.25) is 0 Å². The van der Waals surface area contributed by atoms with E-state index in [2.05, 4.69) is 30.6 Å². The van der Waals surface area contributed by atoms with Gasteiger partial charge >= 0.3 is 0 Å². The first-order chi connectivity index (χ1) is 6.84. The van der Waals surface area contributed by atoms with Gasteiger partial charge in [0.05, 0.1) is 13.2 Å². The average molecular weight is 213 g/mol. The Morgan fingerprint density at radius 1 is 1.43 bits per heavy atom. The van der Waals surface area contributed by atoms with Crippen LogP contribution in [0.15, 0.2) is 11.4 Å². The van der Waals surface area contributed by atoms with E-state index in [9.17, 15) is 0 Å². The molecule has 0 fully saturated rings. The van der Waals surface area contributed by atoms with Gasteiger partial charge in [0.15, 0.2) is 0 Å². The largest absolute Gasteiger partial charge is 0.380 e. The quantitative estimate of drug-likeness (QED) is 0.701. The number of thiophene rings is 1. The second-order valence-corrected chi connectivity index (χ2v) is 4.24. The Hall–Kier alpha value is -0.380. The molecule has 0 aromatic carbocycles. The highest BCUT2D eigenvalue weighted by Crippen LogP contribution is 2.15. The van der Waals surface area contributed by atoms with Crippen molar-refractivity contribution in [3.63, 3.8) is 0 Å². The van der Waals surface area contributed by atoms with Crippen LogP contribution in [0.2, 0.25) is 0 Å². The van der Waals surface area contributed by atoms with Gasteiger partial charge in [-0.15, -0.1) is 11.3 Å². The minimum atomic E-state index is 0.818. The van der Waals surface area contributed by atoms with Crippen LogP contribution >= 0.6 is 11.3 Å². The van der Waals surface area contributed by atoms with Crippen LogP contribution in [-0.2, 0) is 11.2 Å². The summed E-state index contributed by atoms with van der Waals surface area (Å²) in [6.45, 7) is 7.90. The normalized spacial score (nSPS) is 10.7. The van der Waals surface area contributed by atoms with Crippen LogP contribution in [0.4, 0.5) is 0 Å². The Morgan fingerprint density at radius 3 is 2.93 bits per heavy atom. The van der Waals surface area contributed by atoms with Crippen molar-refractivity contribution in [2.45, 2.75) is 20.3 Å². The maximum Gasteiger partial charge on any atom is 0.0591 e. The lowest BCUT2D eigenvalue weighted by Crippen LogP contribution is -2.19. The lowest BCUT2D eigenvalue weighted by atomic mass is 10.2.